The highest BCUT2D eigenvalue weighted by Crippen LogP contribution is 2.42. The Balaban J connectivity index is 1.60. The highest BCUT2D eigenvalue weighted by molar-refractivity contribution is 8.04. The molecule has 2 heterocycles. The normalized spacial score (nSPS) is 23.5. The molecule has 27 heavy (non-hydrogen) atoms. The Kier molecular flexibility index (Phi) is 6.08. The fourth-order valence-corrected chi connectivity index (χ4v) is 4.47. The zero-order valence-corrected chi connectivity index (χ0v) is 16.9. The summed E-state index contributed by atoms with van der Waals surface area (Å²) in [5.74, 6) is -0.689. The van der Waals surface area contributed by atoms with Crippen LogP contribution in [0.1, 0.15) is 50.0 Å². The second-order valence-electron chi connectivity index (χ2n) is 7.75. The van der Waals surface area contributed by atoms with E-state index in [9.17, 15) is 9.59 Å². The topological polar surface area (TPSA) is 64.6 Å². The predicted molar refractivity (Wildman–Crippen MR) is 106 cm³/mol. The Morgan fingerprint density at radius 2 is 1.93 bits per heavy atom. The summed E-state index contributed by atoms with van der Waals surface area (Å²) in [6.45, 7) is 6.18. The third-order valence-corrected chi connectivity index (χ3v) is 6.29. The molecule has 3 rings (SSSR count). The van der Waals surface area contributed by atoms with Crippen LogP contribution < -0.4 is 5.32 Å². The molecular formula is C21H27NO4S. The van der Waals surface area contributed by atoms with Gasteiger partial charge in [0.1, 0.15) is 0 Å². The van der Waals surface area contributed by atoms with Crippen LogP contribution in [0.4, 0.5) is 0 Å². The van der Waals surface area contributed by atoms with Crippen molar-refractivity contribution >= 4 is 24.0 Å². The lowest BCUT2D eigenvalue weighted by Gasteiger charge is -2.43. The van der Waals surface area contributed by atoms with E-state index in [0.29, 0.717) is 18.5 Å². The van der Waals surface area contributed by atoms with Crippen molar-refractivity contribution in [1.82, 2.24) is 5.32 Å². The molecule has 2 aliphatic heterocycles. The molecule has 0 aliphatic carbocycles. The molecule has 1 fully saturated rings. The van der Waals surface area contributed by atoms with Crippen molar-refractivity contribution in [3.63, 3.8) is 0 Å². The van der Waals surface area contributed by atoms with Gasteiger partial charge in [-0.1, -0.05) is 30.3 Å². The third kappa shape index (κ3) is 5.21. The average Bonchev–Trinajstić information content (AvgIpc) is 3.12. The first-order valence-electron chi connectivity index (χ1n) is 9.28. The molecule has 0 aromatic heterocycles. The first-order chi connectivity index (χ1) is 12.8. The first kappa shape index (κ1) is 20.1. The number of rotatable bonds is 6. The van der Waals surface area contributed by atoms with Crippen LogP contribution in [0, 0.1) is 0 Å². The highest BCUT2D eigenvalue weighted by atomic mass is 32.2. The Bertz CT molecular complexity index is 716. The number of benzene rings is 1. The number of carbonyl (C=O) groups excluding carboxylic acids is 2. The molecule has 1 unspecified atom stereocenters. The van der Waals surface area contributed by atoms with Gasteiger partial charge in [-0.15, -0.1) is 11.8 Å². The minimum Gasteiger partial charge on any atom is -0.348 e. The third-order valence-electron chi connectivity index (χ3n) is 5.00. The molecule has 5 nitrogen and oxygen atoms in total. The van der Waals surface area contributed by atoms with Crippen molar-refractivity contribution in [2.75, 3.05) is 13.2 Å². The van der Waals surface area contributed by atoms with Crippen molar-refractivity contribution in [2.24, 2.45) is 0 Å². The van der Waals surface area contributed by atoms with Gasteiger partial charge in [0.05, 0.1) is 18.8 Å². The van der Waals surface area contributed by atoms with Crippen molar-refractivity contribution in [3.8, 4) is 0 Å². The lowest BCUT2D eigenvalue weighted by molar-refractivity contribution is -0.271. The van der Waals surface area contributed by atoms with Crippen LogP contribution in [-0.2, 0) is 25.5 Å². The summed E-state index contributed by atoms with van der Waals surface area (Å²) < 4.78 is 11.6. The number of hydrogen-bond acceptors (Lipinski definition) is 5. The molecular weight excluding hydrogens is 362 g/mol. The monoisotopic (exact) mass is 389 g/mol. The summed E-state index contributed by atoms with van der Waals surface area (Å²) in [7, 11) is 0. The van der Waals surface area contributed by atoms with E-state index in [1.807, 2.05) is 19.9 Å². The van der Waals surface area contributed by atoms with Gasteiger partial charge in [0.25, 0.3) is 0 Å². The fraction of sp³-hybridized carbons (Fsp3) is 0.524. The molecule has 1 amide bonds. The van der Waals surface area contributed by atoms with E-state index in [0.717, 1.165) is 30.5 Å². The van der Waals surface area contributed by atoms with Crippen LogP contribution in [0.3, 0.4) is 0 Å². The summed E-state index contributed by atoms with van der Waals surface area (Å²) >= 11 is 1.62. The van der Waals surface area contributed by atoms with E-state index < -0.39 is 11.3 Å². The SMILES string of the molecule is CC(=O)NC1(CCc2ccc(C3CC=C(C=O)S3)cc2)COC(C)(C)OC1. The predicted octanol–water partition coefficient (Wildman–Crippen LogP) is 3.54. The molecule has 0 saturated carbocycles. The Morgan fingerprint density at radius 3 is 2.48 bits per heavy atom. The standard InChI is InChI=1S/C21H27NO4S/c1-15(24)22-21(13-25-20(2,3)26-14-21)11-10-16-4-6-17(7-5-16)19-9-8-18(12-23)27-19/h4-8,12,19H,9-11,13-14H2,1-3H3,(H,22,24). The number of thioether (sulfide) groups is 1. The lowest BCUT2D eigenvalue weighted by Crippen LogP contribution is -2.60. The van der Waals surface area contributed by atoms with Gasteiger partial charge >= 0.3 is 0 Å². The van der Waals surface area contributed by atoms with Crippen molar-refractivity contribution in [3.05, 3.63) is 46.4 Å². The van der Waals surface area contributed by atoms with E-state index in [-0.39, 0.29) is 5.91 Å². The summed E-state index contributed by atoms with van der Waals surface area (Å²) in [6, 6.07) is 8.53. The van der Waals surface area contributed by atoms with Crippen LogP contribution in [0.2, 0.25) is 0 Å². The van der Waals surface area contributed by atoms with Crippen LogP contribution in [0.15, 0.2) is 35.2 Å². The van der Waals surface area contributed by atoms with Gasteiger partial charge in [-0.25, -0.2) is 0 Å². The quantitative estimate of drug-likeness (QED) is 0.754. The van der Waals surface area contributed by atoms with E-state index >= 15 is 0 Å². The lowest BCUT2D eigenvalue weighted by atomic mass is 9.91. The largest absolute Gasteiger partial charge is 0.348 e. The van der Waals surface area contributed by atoms with Crippen LogP contribution in [0.5, 0.6) is 0 Å². The second kappa shape index (κ2) is 8.17. The maximum absolute atomic E-state index is 11.7. The molecule has 6 heteroatoms. The summed E-state index contributed by atoms with van der Waals surface area (Å²) in [4.78, 5) is 23.4. The van der Waals surface area contributed by atoms with Gasteiger partial charge in [-0.2, -0.15) is 0 Å². The molecule has 0 bridgehead atoms. The number of allylic oxidation sites excluding steroid dienone is 2. The Morgan fingerprint density at radius 1 is 1.26 bits per heavy atom. The van der Waals surface area contributed by atoms with Gasteiger partial charge in [0.2, 0.25) is 5.91 Å². The van der Waals surface area contributed by atoms with Crippen LogP contribution in [-0.4, -0.2) is 36.7 Å². The number of amides is 1. The summed E-state index contributed by atoms with van der Waals surface area (Å²) in [6.07, 6.45) is 5.39. The van der Waals surface area contributed by atoms with E-state index in [1.54, 1.807) is 11.8 Å². The second-order valence-corrected chi connectivity index (χ2v) is 9.02. The van der Waals surface area contributed by atoms with Crippen LogP contribution in [0.25, 0.3) is 0 Å². The number of hydrogen-bond donors (Lipinski definition) is 1. The van der Waals surface area contributed by atoms with E-state index in [4.69, 9.17) is 9.47 Å². The van der Waals surface area contributed by atoms with Gasteiger partial charge < -0.3 is 14.8 Å². The van der Waals surface area contributed by atoms with Gasteiger partial charge in [0.15, 0.2) is 12.1 Å². The number of nitrogens with one attached hydrogen (secondary N) is 1. The van der Waals surface area contributed by atoms with Gasteiger partial charge in [0, 0.05) is 17.1 Å². The number of carbonyl (C=O) groups is 2. The number of ether oxygens (including phenoxy) is 2. The van der Waals surface area contributed by atoms with Gasteiger partial charge in [-0.3, -0.25) is 9.59 Å². The van der Waals surface area contributed by atoms with Crippen molar-refractivity contribution in [2.45, 2.75) is 56.6 Å². The maximum atomic E-state index is 11.7. The number of aldehydes is 1. The average molecular weight is 390 g/mol. The molecule has 1 N–H and O–H groups in total. The molecule has 1 atom stereocenters. The molecule has 0 spiro atoms. The molecule has 146 valence electrons. The zero-order valence-electron chi connectivity index (χ0n) is 16.1. The summed E-state index contributed by atoms with van der Waals surface area (Å²) in [5, 5.41) is 3.36. The summed E-state index contributed by atoms with van der Waals surface area (Å²) in [5.41, 5.74) is 1.95. The van der Waals surface area contributed by atoms with E-state index in [1.165, 1.54) is 18.1 Å². The minimum atomic E-state index is -0.614. The van der Waals surface area contributed by atoms with Crippen molar-refractivity contribution < 1.29 is 19.1 Å². The zero-order chi connectivity index (χ0) is 19.5. The Hall–Kier alpha value is -1.63. The van der Waals surface area contributed by atoms with E-state index in [2.05, 4.69) is 29.6 Å². The highest BCUT2D eigenvalue weighted by Gasteiger charge is 2.40. The molecule has 1 aromatic carbocycles. The van der Waals surface area contributed by atoms with Gasteiger partial charge in [-0.05, 0) is 44.2 Å². The fourth-order valence-electron chi connectivity index (χ4n) is 3.41. The molecule has 0 radical (unpaired) electrons. The van der Waals surface area contributed by atoms with Crippen molar-refractivity contribution in [1.29, 1.82) is 0 Å². The minimum absolute atomic E-state index is 0.0750. The molecule has 2 aliphatic rings. The molecule has 1 aromatic rings. The number of aryl methyl sites for hydroxylation is 1. The first-order valence-corrected chi connectivity index (χ1v) is 10.2. The maximum Gasteiger partial charge on any atom is 0.217 e. The molecule has 1 saturated heterocycles. The van der Waals surface area contributed by atoms with Crippen LogP contribution >= 0.6 is 11.8 Å². The smallest absolute Gasteiger partial charge is 0.217 e. The Labute approximate surface area is 164 Å².